The van der Waals surface area contributed by atoms with E-state index in [2.05, 4.69) is 29.2 Å². The first-order valence-electron chi connectivity index (χ1n) is 17.9. The molecule has 7 rings (SSSR count). The number of likely N-dealkylation sites (tertiary alicyclic amines) is 1. The number of rotatable bonds is 11. The highest BCUT2D eigenvalue weighted by atomic mass is 16.6. The van der Waals surface area contributed by atoms with Crippen LogP contribution in [0.25, 0.3) is 10.9 Å². The van der Waals surface area contributed by atoms with E-state index in [1.165, 1.54) is 45.5 Å². The highest BCUT2D eigenvalue weighted by Crippen LogP contribution is 2.44. The summed E-state index contributed by atoms with van der Waals surface area (Å²) in [5.74, 6) is 0.471. The fourth-order valence-corrected chi connectivity index (χ4v) is 7.59. The highest BCUT2D eigenvalue weighted by Gasteiger charge is 2.37. The lowest BCUT2D eigenvalue weighted by atomic mass is 9.94. The van der Waals surface area contributed by atoms with Gasteiger partial charge in [-0.05, 0) is 112 Å². The van der Waals surface area contributed by atoms with Gasteiger partial charge >= 0.3 is 5.97 Å². The minimum absolute atomic E-state index is 0.00687. The minimum atomic E-state index is -0.902. The van der Waals surface area contributed by atoms with Gasteiger partial charge in [-0.25, -0.2) is 0 Å². The first-order valence-corrected chi connectivity index (χ1v) is 17.9. The Hall–Kier alpha value is -4.02. The first kappa shape index (κ1) is 33.5. The third-order valence-electron chi connectivity index (χ3n) is 10.2. The summed E-state index contributed by atoms with van der Waals surface area (Å²) < 4.78 is 17.4. The predicted molar refractivity (Wildman–Crippen MR) is 185 cm³/mol. The van der Waals surface area contributed by atoms with E-state index in [1.54, 1.807) is 26.8 Å². The molecule has 1 aliphatic carbocycles. The molecule has 4 heterocycles. The molecule has 2 amide bonds. The number of carbonyl (C=O) groups is 3. The lowest BCUT2D eigenvalue weighted by Crippen LogP contribution is -2.45. The van der Waals surface area contributed by atoms with E-state index in [-0.39, 0.29) is 31.4 Å². The van der Waals surface area contributed by atoms with Crippen molar-refractivity contribution in [3.05, 3.63) is 70.4 Å². The zero-order valence-corrected chi connectivity index (χ0v) is 28.9. The van der Waals surface area contributed by atoms with E-state index in [4.69, 9.17) is 24.9 Å². The van der Waals surface area contributed by atoms with Crippen molar-refractivity contribution in [3.8, 4) is 5.75 Å². The fraction of sp³-hybridized carbons (Fsp3) is 0.538. The topological polar surface area (TPSA) is 124 Å². The number of amides is 2. The average Bonchev–Trinajstić information content (AvgIpc) is 3.74. The minimum Gasteiger partial charge on any atom is -0.489 e. The van der Waals surface area contributed by atoms with E-state index in [0.29, 0.717) is 23.1 Å². The molecule has 0 spiro atoms. The van der Waals surface area contributed by atoms with Crippen molar-refractivity contribution in [3.63, 3.8) is 0 Å². The molecule has 1 saturated carbocycles. The van der Waals surface area contributed by atoms with Crippen molar-refractivity contribution < 1.29 is 28.6 Å². The van der Waals surface area contributed by atoms with Gasteiger partial charge in [0.1, 0.15) is 23.5 Å². The largest absolute Gasteiger partial charge is 0.489 e. The van der Waals surface area contributed by atoms with Crippen LogP contribution in [0, 0.1) is 0 Å². The molecule has 49 heavy (non-hydrogen) atoms. The van der Waals surface area contributed by atoms with E-state index in [0.717, 1.165) is 57.7 Å². The lowest BCUT2D eigenvalue weighted by molar-refractivity contribution is -0.155. The SMILES string of the molecule is CC(C)(C)OC(=O)CC[C@@H](C(N)=O)N1Cc2cc(O[C@H]3CCN(Cc4cc(C5CC5)c5nc(C6CCOCC6)ccc5c4)C3)ccc2C1=O. The number of ether oxygens (including phenoxy) is 3. The standard InChI is InChI=1S/C39H48N4O6/c1-39(2,3)49-35(44)11-10-34(37(40)45)43-22-28-20-29(7-8-31(28)38(43)46)48-30-12-15-42(23-30)21-24-18-27-6-9-33(26-13-16-47-17-14-26)41-36(27)32(19-24)25-4-5-25/h6-9,18-20,25-26,30,34H,4-5,10-17,21-23H2,1-3H3,(H2,40,45)/t30-,34-/m0/s1. The molecule has 3 aromatic rings. The number of aromatic nitrogens is 1. The molecule has 260 valence electrons. The number of primary amides is 1. The maximum absolute atomic E-state index is 13.3. The quantitative estimate of drug-likeness (QED) is 0.262. The number of pyridine rings is 1. The Balaban J connectivity index is 0.974. The van der Waals surface area contributed by atoms with Crippen molar-refractivity contribution in [2.45, 2.75) is 108 Å². The molecule has 10 heteroatoms. The molecule has 2 saturated heterocycles. The molecule has 3 aliphatic heterocycles. The van der Waals surface area contributed by atoms with Crippen LogP contribution in [0.4, 0.5) is 0 Å². The van der Waals surface area contributed by atoms with Crippen LogP contribution in [0.2, 0.25) is 0 Å². The number of benzene rings is 2. The van der Waals surface area contributed by atoms with Crippen molar-refractivity contribution in [2.75, 3.05) is 26.3 Å². The van der Waals surface area contributed by atoms with Gasteiger partial charge in [-0.1, -0.05) is 12.1 Å². The second-order valence-corrected chi connectivity index (χ2v) is 15.2. The number of hydrogen-bond acceptors (Lipinski definition) is 8. The Bertz CT molecular complexity index is 1740. The van der Waals surface area contributed by atoms with Crippen LogP contribution in [0.3, 0.4) is 0 Å². The van der Waals surface area contributed by atoms with E-state index >= 15 is 0 Å². The van der Waals surface area contributed by atoms with E-state index in [9.17, 15) is 14.4 Å². The second-order valence-electron chi connectivity index (χ2n) is 15.2. The van der Waals surface area contributed by atoms with Crippen LogP contribution in [-0.2, 0) is 32.2 Å². The van der Waals surface area contributed by atoms with Gasteiger partial charge in [0.2, 0.25) is 5.91 Å². The molecule has 4 aliphatic rings. The maximum atomic E-state index is 13.3. The third kappa shape index (κ3) is 7.75. The molecule has 3 fully saturated rings. The van der Waals surface area contributed by atoms with Crippen LogP contribution in [0.15, 0.2) is 42.5 Å². The zero-order valence-electron chi connectivity index (χ0n) is 28.9. The summed E-state index contributed by atoms with van der Waals surface area (Å²) in [4.78, 5) is 47.1. The molecule has 2 aromatic carbocycles. The monoisotopic (exact) mass is 668 g/mol. The Kier molecular flexibility index (Phi) is 9.37. The molecule has 2 atom stereocenters. The molecule has 2 N–H and O–H groups in total. The van der Waals surface area contributed by atoms with Gasteiger partial charge in [0.05, 0.1) is 5.52 Å². The normalized spacial score (nSPS) is 20.8. The van der Waals surface area contributed by atoms with Crippen LogP contribution < -0.4 is 10.5 Å². The maximum Gasteiger partial charge on any atom is 0.306 e. The highest BCUT2D eigenvalue weighted by molar-refractivity contribution is 6.01. The number of esters is 1. The lowest BCUT2D eigenvalue weighted by Gasteiger charge is -2.25. The summed E-state index contributed by atoms with van der Waals surface area (Å²) in [5.41, 5.74) is 11.5. The molecule has 0 bridgehead atoms. The molecule has 10 nitrogen and oxygen atoms in total. The van der Waals surface area contributed by atoms with Crippen molar-refractivity contribution in [2.24, 2.45) is 5.73 Å². The Labute approximate surface area is 288 Å². The number of fused-ring (bicyclic) bond motifs is 2. The van der Waals surface area contributed by atoms with Crippen LogP contribution in [0.5, 0.6) is 5.75 Å². The van der Waals surface area contributed by atoms with Gasteiger partial charge in [0.15, 0.2) is 0 Å². The van der Waals surface area contributed by atoms with Crippen LogP contribution >= 0.6 is 0 Å². The van der Waals surface area contributed by atoms with Crippen LogP contribution in [0.1, 0.15) is 110 Å². The van der Waals surface area contributed by atoms with Crippen molar-refractivity contribution in [1.82, 2.24) is 14.8 Å². The number of hydrogen-bond donors (Lipinski definition) is 1. The Morgan fingerprint density at radius 2 is 1.82 bits per heavy atom. The smallest absolute Gasteiger partial charge is 0.306 e. The fourth-order valence-electron chi connectivity index (χ4n) is 7.59. The van der Waals surface area contributed by atoms with Gasteiger partial charge < -0.3 is 24.8 Å². The molecule has 1 aromatic heterocycles. The Morgan fingerprint density at radius 3 is 2.55 bits per heavy atom. The summed E-state index contributed by atoms with van der Waals surface area (Å²) in [6.45, 7) is 9.86. The Morgan fingerprint density at radius 1 is 1.02 bits per heavy atom. The molecule has 0 radical (unpaired) electrons. The number of nitrogens with two attached hydrogens (primary N) is 1. The van der Waals surface area contributed by atoms with Crippen LogP contribution in [-0.4, -0.2) is 76.6 Å². The van der Waals surface area contributed by atoms with Crippen molar-refractivity contribution >= 4 is 28.7 Å². The van der Waals surface area contributed by atoms with Crippen molar-refractivity contribution in [1.29, 1.82) is 0 Å². The number of carbonyl (C=O) groups excluding carboxylic acids is 3. The first-order chi connectivity index (χ1) is 23.5. The summed E-state index contributed by atoms with van der Waals surface area (Å²) in [6, 6.07) is 13.8. The second kappa shape index (κ2) is 13.7. The van der Waals surface area contributed by atoms with E-state index < -0.39 is 23.5 Å². The number of nitrogens with zero attached hydrogens (tertiary/aromatic N) is 3. The van der Waals surface area contributed by atoms with Gasteiger partial charge in [-0.3, -0.25) is 24.3 Å². The zero-order chi connectivity index (χ0) is 34.3. The summed E-state index contributed by atoms with van der Waals surface area (Å²) >= 11 is 0. The van der Waals surface area contributed by atoms with Gasteiger partial charge in [-0.15, -0.1) is 0 Å². The average molecular weight is 669 g/mol. The third-order valence-corrected chi connectivity index (χ3v) is 10.2. The summed E-state index contributed by atoms with van der Waals surface area (Å²) in [7, 11) is 0. The van der Waals surface area contributed by atoms with E-state index in [1.807, 2.05) is 12.1 Å². The molecular formula is C39H48N4O6. The molecular weight excluding hydrogens is 620 g/mol. The van der Waals surface area contributed by atoms with Gasteiger partial charge in [0.25, 0.3) is 5.91 Å². The predicted octanol–water partition coefficient (Wildman–Crippen LogP) is 5.59. The van der Waals surface area contributed by atoms with Gasteiger partial charge in [0, 0.05) is 68.4 Å². The summed E-state index contributed by atoms with van der Waals surface area (Å²) in [5, 5.41) is 1.23. The van der Waals surface area contributed by atoms with Gasteiger partial charge in [-0.2, -0.15) is 0 Å². The summed E-state index contributed by atoms with van der Waals surface area (Å²) in [6.07, 6.45) is 5.61. The molecule has 0 unspecified atom stereocenters.